The van der Waals surface area contributed by atoms with E-state index in [2.05, 4.69) is 4.98 Å². The number of carbonyl (C=O) groups excluding carboxylic acids is 1. The molecule has 1 aromatic rings. The fourth-order valence-electron chi connectivity index (χ4n) is 3.25. The second-order valence-electron chi connectivity index (χ2n) is 5.88. The molecule has 2 aliphatic heterocycles. The van der Waals surface area contributed by atoms with Crippen molar-refractivity contribution in [3.63, 3.8) is 0 Å². The Balaban J connectivity index is 1.59. The first-order valence-electron chi connectivity index (χ1n) is 7.53. The fourth-order valence-corrected chi connectivity index (χ4v) is 3.25. The number of amides is 1. The minimum absolute atomic E-state index is 0.00519. The lowest BCUT2D eigenvalue weighted by molar-refractivity contribution is -0.152. The van der Waals surface area contributed by atoms with Crippen LogP contribution in [0.4, 0.5) is 13.2 Å². The van der Waals surface area contributed by atoms with Crippen molar-refractivity contribution < 1.29 is 18.0 Å². The minimum atomic E-state index is -4.18. The first kappa shape index (κ1) is 15.3. The van der Waals surface area contributed by atoms with Gasteiger partial charge >= 0.3 is 6.18 Å². The Labute approximate surface area is 126 Å². The average molecular weight is 316 g/mol. The van der Waals surface area contributed by atoms with Crippen molar-refractivity contribution >= 4 is 5.91 Å². The molecule has 0 bridgehead atoms. The van der Waals surface area contributed by atoms with Gasteiger partial charge in [-0.05, 0) is 12.8 Å². The van der Waals surface area contributed by atoms with Crippen molar-refractivity contribution in [3.8, 4) is 0 Å². The average Bonchev–Trinajstić information content (AvgIpc) is 2.94. The van der Waals surface area contributed by atoms with E-state index >= 15 is 0 Å². The first-order chi connectivity index (χ1) is 10.4. The maximum Gasteiger partial charge on any atom is 0.401 e. The van der Waals surface area contributed by atoms with Gasteiger partial charge in [-0.25, -0.2) is 4.98 Å². The number of fused-ring (bicyclic) bond motifs is 1. The number of aryl methyl sites for hydroxylation is 1. The summed E-state index contributed by atoms with van der Waals surface area (Å²) in [5.41, 5.74) is 0. The predicted octanol–water partition coefficient (Wildman–Crippen LogP) is 1.47. The van der Waals surface area contributed by atoms with Gasteiger partial charge in [0.25, 0.3) is 0 Å². The highest BCUT2D eigenvalue weighted by molar-refractivity contribution is 5.80. The standard InChI is InChI=1S/C14H19F3N4O/c15-14(16,17)10-19-6-8-20(9-7-19)13(22)11-2-1-3-12-18-4-5-21(11)12/h4-5,11H,1-3,6-10H2. The number of nitrogens with zero attached hydrogens (tertiary/aromatic N) is 4. The summed E-state index contributed by atoms with van der Waals surface area (Å²) in [5, 5.41) is 0. The molecule has 1 amide bonds. The van der Waals surface area contributed by atoms with E-state index in [9.17, 15) is 18.0 Å². The highest BCUT2D eigenvalue weighted by atomic mass is 19.4. The van der Waals surface area contributed by atoms with Gasteiger partial charge in [0.2, 0.25) is 5.91 Å². The maximum atomic E-state index is 12.6. The molecule has 1 fully saturated rings. The zero-order chi connectivity index (χ0) is 15.7. The number of piperazine rings is 1. The number of alkyl halides is 3. The van der Waals surface area contributed by atoms with Crippen LogP contribution in [-0.4, -0.2) is 64.2 Å². The van der Waals surface area contributed by atoms with E-state index in [1.54, 1.807) is 11.1 Å². The molecule has 2 aliphatic rings. The molecule has 22 heavy (non-hydrogen) atoms. The van der Waals surface area contributed by atoms with Gasteiger partial charge in [0.1, 0.15) is 11.9 Å². The van der Waals surface area contributed by atoms with Crippen LogP contribution < -0.4 is 0 Å². The summed E-state index contributed by atoms with van der Waals surface area (Å²) in [4.78, 5) is 19.9. The monoisotopic (exact) mass is 316 g/mol. The number of carbonyl (C=O) groups is 1. The Morgan fingerprint density at radius 1 is 1.27 bits per heavy atom. The summed E-state index contributed by atoms with van der Waals surface area (Å²) < 4.78 is 39.1. The summed E-state index contributed by atoms with van der Waals surface area (Å²) in [6, 6.07) is -0.250. The Morgan fingerprint density at radius 2 is 2.00 bits per heavy atom. The van der Waals surface area contributed by atoms with Crippen molar-refractivity contribution in [2.24, 2.45) is 0 Å². The minimum Gasteiger partial charge on any atom is -0.338 e. The smallest absolute Gasteiger partial charge is 0.338 e. The van der Waals surface area contributed by atoms with Crippen molar-refractivity contribution in [2.45, 2.75) is 31.5 Å². The highest BCUT2D eigenvalue weighted by Crippen LogP contribution is 2.26. The van der Waals surface area contributed by atoms with Gasteiger partial charge < -0.3 is 9.47 Å². The molecule has 3 rings (SSSR count). The lowest BCUT2D eigenvalue weighted by atomic mass is 10.0. The molecule has 1 atom stereocenters. The van der Waals surface area contributed by atoms with E-state index in [0.717, 1.165) is 25.1 Å². The Kier molecular flexibility index (Phi) is 4.12. The molecule has 0 N–H and O–H groups in total. The summed E-state index contributed by atoms with van der Waals surface area (Å²) in [6.45, 7) is 0.360. The lowest BCUT2D eigenvalue weighted by Gasteiger charge is -2.37. The van der Waals surface area contributed by atoms with Gasteiger partial charge in [0.15, 0.2) is 0 Å². The molecule has 0 spiro atoms. The third kappa shape index (κ3) is 3.26. The van der Waals surface area contributed by atoms with E-state index in [4.69, 9.17) is 0 Å². The van der Waals surface area contributed by atoms with E-state index in [1.165, 1.54) is 4.90 Å². The Hall–Kier alpha value is -1.57. The normalized spacial score (nSPS) is 23.4. The van der Waals surface area contributed by atoms with Crippen LogP contribution in [0.5, 0.6) is 0 Å². The summed E-state index contributed by atoms with van der Waals surface area (Å²) in [7, 11) is 0. The highest BCUT2D eigenvalue weighted by Gasteiger charge is 2.35. The van der Waals surface area contributed by atoms with Gasteiger partial charge in [-0.2, -0.15) is 13.2 Å². The second kappa shape index (κ2) is 5.91. The molecule has 0 saturated carbocycles. The summed E-state index contributed by atoms with van der Waals surface area (Å²) >= 11 is 0. The van der Waals surface area contributed by atoms with Crippen LogP contribution in [0.3, 0.4) is 0 Å². The number of hydrogen-bond acceptors (Lipinski definition) is 3. The van der Waals surface area contributed by atoms with E-state index in [1.807, 2.05) is 10.8 Å². The van der Waals surface area contributed by atoms with Gasteiger partial charge in [0.05, 0.1) is 6.54 Å². The predicted molar refractivity (Wildman–Crippen MR) is 73.3 cm³/mol. The van der Waals surface area contributed by atoms with Gasteiger partial charge in [-0.1, -0.05) is 0 Å². The van der Waals surface area contributed by atoms with Crippen LogP contribution in [0.2, 0.25) is 0 Å². The van der Waals surface area contributed by atoms with Crippen molar-refractivity contribution in [3.05, 3.63) is 18.2 Å². The van der Waals surface area contributed by atoms with Crippen molar-refractivity contribution in [1.82, 2.24) is 19.4 Å². The SMILES string of the molecule is O=C(C1CCCc2nccn21)N1CCN(CC(F)(F)F)CC1. The van der Waals surface area contributed by atoms with E-state index in [0.29, 0.717) is 13.1 Å². The van der Waals surface area contributed by atoms with E-state index in [-0.39, 0.29) is 25.0 Å². The van der Waals surface area contributed by atoms with Crippen LogP contribution in [0.25, 0.3) is 0 Å². The van der Waals surface area contributed by atoms with E-state index < -0.39 is 12.7 Å². The molecule has 122 valence electrons. The zero-order valence-corrected chi connectivity index (χ0v) is 12.2. The molecule has 1 saturated heterocycles. The van der Waals surface area contributed by atoms with Crippen LogP contribution in [0.15, 0.2) is 12.4 Å². The Morgan fingerprint density at radius 3 is 2.68 bits per heavy atom. The van der Waals surface area contributed by atoms with Gasteiger partial charge in [-0.3, -0.25) is 9.69 Å². The topological polar surface area (TPSA) is 41.4 Å². The van der Waals surface area contributed by atoms with Crippen molar-refractivity contribution in [2.75, 3.05) is 32.7 Å². The first-order valence-corrected chi connectivity index (χ1v) is 7.53. The molecule has 0 radical (unpaired) electrons. The molecule has 0 aliphatic carbocycles. The molecule has 0 aromatic carbocycles. The number of rotatable bonds is 2. The largest absolute Gasteiger partial charge is 0.401 e. The van der Waals surface area contributed by atoms with Crippen LogP contribution in [-0.2, 0) is 11.2 Å². The van der Waals surface area contributed by atoms with Crippen LogP contribution in [0.1, 0.15) is 24.7 Å². The van der Waals surface area contributed by atoms with Crippen LogP contribution in [0, 0.1) is 0 Å². The number of hydrogen-bond donors (Lipinski definition) is 0. The Bertz CT molecular complexity index is 534. The number of aromatic nitrogens is 2. The molecule has 5 nitrogen and oxygen atoms in total. The summed E-state index contributed by atoms with van der Waals surface area (Å²) in [5.74, 6) is 0.922. The van der Waals surface area contributed by atoms with Gasteiger partial charge in [-0.15, -0.1) is 0 Å². The second-order valence-corrected chi connectivity index (χ2v) is 5.88. The third-order valence-corrected chi connectivity index (χ3v) is 4.33. The molecule has 8 heteroatoms. The maximum absolute atomic E-state index is 12.6. The molecular weight excluding hydrogens is 297 g/mol. The molecule has 1 aromatic heterocycles. The van der Waals surface area contributed by atoms with Crippen molar-refractivity contribution in [1.29, 1.82) is 0 Å². The van der Waals surface area contributed by atoms with Gasteiger partial charge in [0, 0.05) is 45.0 Å². The quantitative estimate of drug-likeness (QED) is 0.830. The van der Waals surface area contributed by atoms with Crippen LogP contribution >= 0.6 is 0 Å². The molecule has 3 heterocycles. The zero-order valence-electron chi connectivity index (χ0n) is 12.2. The number of imidazole rings is 1. The lowest BCUT2D eigenvalue weighted by Crippen LogP contribution is -2.52. The third-order valence-electron chi connectivity index (χ3n) is 4.33. The molecular formula is C14H19F3N4O. The number of halogens is 3. The summed E-state index contributed by atoms with van der Waals surface area (Å²) in [6.07, 6.45) is 1.89. The fraction of sp³-hybridized carbons (Fsp3) is 0.714. The molecule has 1 unspecified atom stereocenters.